The van der Waals surface area contributed by atoms with Gasteiger partial charge in [-0.2, -0.15) is 4.31 Å². The largest absolute Gasteiger partial charge is 0.356 e. The molecule has 0 unspecified atom stereocenters. The number of carbonyl (C=O) groups is 2. The Morgan fingerprint density at radius 3 is 2.73 bits per heavy atom. The molecule has 0 spiro atoms. The van der Waals surface area contributed by atoms with E-state index in [4.69, 9.17) is 0 Å². The van der Waals surface area contributed by atoms with Gasteiger partial charge in [-0.25, -0.2) is 8.42 Å². The first-order valence-electron chi connectivity index (χ1n) is 11.7. The van der Waals surface area contributed by atoms with Gasteiger partial charge in [-0.05, 0) is 67.9 Å². The molecule has 2 aliphatic heterocycles. The Hall–Kier alpha value is -2.71. The molecule has 8 heteroatoms. The van der Waals surface area contributed by atoms with Crippen LogP contribution in [0, 0.1) is 5.92 Å². The van der Waals surface area contributed by atoms with Crippen molar-refractivity contribution in [2.75, 3.05) is 25.0 Å². The van der Waals surface area contributed by atoms with Crippen molar-refractivity contribution in [3.8, 4) is 0 Å². The van der Waals surface area contributed by atoms with Gasteiger partial charge in [0.25, 0.3) is 0 Å². The maximum Gasteiger partial charge on any atom is 0.243 e. The summed E-state index contributed by atoms with van der Waals surface area (Å²) in [7, 11) is -3.71. The molecule has 2 aromatic carbocycles. The first-order valence-corrected chi connectivity index (χ1v) is 13.1. The van der Waals surface area contributed by atoms with Crippen molar-refractivity contribution in [2.24, 2.45) is 5.92 Å². The average Bonchev–Trinajstić information content (AvgIpc) is 3.02. The molecule has 176 valence electrons. The molecule has 1 fully saturated rings. The SMILES string of the molecule is O=C1CCCc2cc(S(=O)(=O)N3CCC[C@H](C(=O)NCCCc4ccccc4)C3)ccc2N1. The predicted molar refractivity (Wildman–Crippen MR) is 127 cm³/mol. The number of carbonyl (C=O) groups excluding carboxylic acids is 2. The molecule has 33 heavy (non-hydrogen) atoms. The van der Waals surface area contributed by atoms with Crippen LogP contribution in [0.25, 0.3) is 0 Å². The summed E-state index contributed by atoms with van der Waals surface area (Å²) < 4.78 is 28.1. The molecule has 7 nitrogen and oxygen atoms in total. The van der Waals surface area contributed by atoms with E-state index < -0.39 is 10.0 Å². The van der Waals surface area contributed by atoms with Crippen LogP contribution in [0.2, 0.25) is 0 Å². The average molecular weight is 470 g/mol. The standard InChI is InChI=1S/C25H31N3O4S/c29-24-12-4-10-20-17-22(13-14-23(20)27-24)33(31,32)28-16-6-11-21(18-28)25(30)26-15-5-9-19-7-2-1-3-8-19/h1-3,7-8,13-14,17,21H,4-6,9-12,15-16,18H2,(H,26,30)(H,27,29)/t21-/m0/s1. The van der Waals surface area contributed by atoms with Crippen LogP contribution in [-0.2, 0) is 32.5 Å². The zero-order valence-corrected chi connectivity index (χ0v) is 19.6. The zero-order chi connectivity index (χ0) is 23.3. The molecule has 0 bridgehead atoms. The van der Waals surface area contributed by atoms with Crippen LogP contribution in [0.1, 0.15) is 43.2 Å². The minimum Gasteiger partial charge on any atom is -0.356 e. The molecule has 4 rings (SSSR count). The fourth-order valence-corrected chi connectivity index (χ4v) is 6.10. The molecule has 1 saturated heterocycles. The normalized spacial score (nSPS) is 19.3. The van der Waals surface area contributed by atoms with Crippen LogP contribution in [0.5, 0.6) is 0 Å². The highest BCUT2D eigenvalue weighted by molar-refractivity contribution is 7.89. The van der Waals surface area contributed by atoms with Gasteiger partial charge < -0.3 is 10.6 Å². The van der Waals surface area contributed by atoms with Gasteiger partial charge in [0.1, 0.15) is 0 Å². The molecule has 2 aliphatic rings. The van der Waals surface area contributed by atoms with Crippen molar-refractivity contribution in [1.82, 2.24) is 9.62 Å². The summed E-state index contributed by atoms with van der Waals surface area (Å²) in [5.74, 6) is -0.462. The van der Waals surface area contributed by atoms with Crippen LogP contribution in [0.4, 0.5) is 5.69 Å². The molecular formula is C25H31N3O4S. The van der Waals surface area contributed by atoms with Crippen molar-refractivity contribution in [1.29, 1.82) is 0 Å². The van der Waals surface area contributed by atoms with E-state index in [1.807, 2.05) is 18.2 Å². The van der Waals surface area contributed by atoms with E-state index in [0.717, 1.165) is 18.4 Å². The number of hydrogen-bond donors (Lipinski definition) is 2. The van der Waals surface area contributed by atoms with E-state index in [1.165, 1.54) is 9.87 Å². The van der Waals surface area contributed by atoms with E-state index in [2.05, 4.69) is 22.8 Å². The maximum absolute atomic E-state index is 13.3. The fraction of sp³-hybridized carbons (Fsp3) is 0.440. The van der Waals surface area contributed by atoms with Crippen molar-refractivity contribution in [2.45, 2.75) is 49.8 Å². The Morgan fingerprint density at radius 1 is 1.09 bits per heavy atom. The Balaban J connectivity index is 1.35. The lowest BCUT2D eigenvalue weighted by atomic mass is 9.99. The minimum atomic E-state index is -3.71. The van der Waals surface area contributed by atoms with Crippen LogP contribution >= 0.6 is 0 Å². The number of hydrogen-bond acceptors (Lipinski definition) is 4. The van der Waals surface area contributed by atoms with Crippen LogP contribution in [0.15, 0.2) is 53.4 Å². The second-order valence-electron chi connectivity index (χ2n) is 8.80. The van der Waals surface area contributed by atoms with Crippen molar-refractivity contribution < 1.29 is 18.0 Å². The number of rotatable bonds is 7. The molecule has 0 aliphatic carbocycles. The second kappa shape index (κ2) is 10.5. The van der Waals surface area contributed by atoms with Crippen LogP contribution in [-0.4, -0.2) is 44.2 Å². The highest BCUT2D eigenvalue weighted by Crippen LogP contribution is 2.29. The summed E-state index contributed by atoms with van der Waals surface area (Å²) in [5, 5.41) is 5.82. The number of benzene rings is 2. The van der Waals surface area contributed by atoms with Crippen LogP contribution < -0.4 is 10.6 Å². The van der Waals surface area contributed by atoms with Gasteiger partial charge in [-0.1, -0.05) is 30.3 Å². The number of fused-ring (bicyclic) bond motifs is 1. The minimum absolute atomic E-state index is 0.0435. The van der Waals surface area contributed by atoms with Gasteiger partial charge in [0, 0.05) is 31.7 Å². The molecule has 2 aromatic rings. The Labute approximate surface area is 195 Å². The Kier molecular flexibility index (Phi) is 7.45. The smallest absolute Gasteiger partial charge is 0.243 e. The van der Waals surface area contributed by atoms with Crippen molar-refractivity contribution >= 4 is 27.5 Å². The Bertz CT molecular complexity index is 1100. The first kappa shape index (κ1) is 23.4. The molecule has 0 saturated carbocycles. The van der Waals surface area contributed by atoms with Gasteiger partial charge in [0.2, 0.25) is 21.8 Å². The van der Waals surface area contributed by atoms with Crippen LogP contribution in [0.3, 0.4) is 0 Å². The first-order chi connectivity index (χ1) is 15.9. The summed E-state index contributed by atoms with van der Waals surface area (Å²) in [6, 6.07) is 15.0. The van der Waals surface area contributed by atoms with Gasteiger partial charge in [0.05, 0.1) is 10.8 Å². The van der Waals surface area contributed by atoms with Gasteiger partial charge in [0.15, 0.2) is 0 Å². The number of anilines is 1. The van der Waals surface area contributed by atoms with E-state index in [0.29, 0.717) is 50.9 Å². The molecular weight excluding hydrogens is 438 g/mol. The number of amides is 2. The topological polar surface area (TPSA) is 95.6 Å². The number of nitrogens with one attached hydrogen (secondary N) is 2. The fourth-order valence-electron chi connectivity index (χ4n) is 4.53. The summed E-state index contributed by atoms with van der Waals surface area (Å²) in [5.41, 5.74) is 2.76. The molecule has 1 atom stereocenters. The summed E-state index contributed by atoms with van der Waals surface area (Å²) in [6.45, 7) is 1.18. The quantitative estimate of drug-likeness (QED) is 0.609. The lowest BCUT2D eigenvalue weighted by Gasteiger charge is -2.31. The number of nitrogens with zero attached hydrogens (tertiary/aromatic N) is 1. The zero-order valence-electron chi connectivity index (χ0n) is 18.8. The van der Waals surface area contributed by atoms with E-state index >= 15 is 0 Å². The van der Waals surface area contributed by atoms with Gasteiger partial charge in [-0.15, -0.1) is 0 Å². The highest BCUT2D eigenvalue weighted by Gasteiger charge is 2.33. The molecule has 2 amide bonds. The predicted octanol–water partition coefficient (Wildman–Crippen LogP) is 3.11. The number of piperidine rings is 1. The number of aryl methyl sites for hydroxylation is 2. The Morgan fingerprint density at radius 2 is 1.91 bits per heavy atom. The van der Waals surface area contributed by atoms with E-state index in [-0.39, 0.29) is 29.2 Å². The monoisotopic (exact) mass is 469 g/mol. The molecule has 0 radical (unpaired) electrons. The van der Waals surface area contributed by atoms with Gasteiger partial charge in [-0.3, -0.25) is 9.59 Å². The van der Waals surface area contributed by atoms with Gasteiger partial charge >= 0.3 is 0 Å². The molecule has 2 heterocycles. The number of sulfonamides is 1. The molecule has 2 N–H and O–H groups in total. The summed E-state index contributed by atoms with van der Waals surface area (Å²) in [6.07, 6.45) is 4.87. The summed E-state index contributed by atoms with van der Waals surface area (Å²) in [4.78, 5) is 24.7. The maximum atomic E-state index is 13.3. The highest BCUT2D eigenvalue weighted by atomic mass is 32.2. The van der Waals surface area contributed by atoms with E-state index in [9.17, 15) is 18.0 Å². The van der Waals surface area contributed by atoms with Crippen molar-refractivity contribution in [3.63, 3.8) is 0 Å². The second-order valence-corrected chi connectivity index (χ2v) is 10.7. The third-order valence-corrected chi connectivity index (χ3v) is 8.24. The third-order valence-electron chi connectivity index (χ3n) is 6.38. The van der Waals surface area contributed by atoms with E-state index in [1.54, 1.807) is 18.2 Å². The summed E-state index contributed by atoms with van der Waals surface area (Å²) >= 11 is 0. The third kappa shape index (κ3) is 5.81. The van der Waals surface area contributed by atoms with Crippen molar-refractivity contribution in [3.05, 3.63) is 59.7 Å². The molecule has 0 aromatic heterocycles. The lowest BCUT2D eigenvalue weighted by Crippen LogP contribution is -2.45. The lowest BCUT2D eigenvalue weighted by molar-refractivity contribution is -0.126.